The minimum atomic E-state index is -0.349. The van der Waals surface area contributed by atoms with Crippen molar-refractivity contribution in [3.05, 3.63) is 56.6 Å². The number of rotatable bonds is 2. The number of carbonyl (C=O) groups is 1. The SMILES string of the molecule is O=C(Nc1cccc(I)c1)c1cc(O)ccc1Cl. The Labute approximate surface area is 123 Å². The van der Waals surface area contributed by atoms with Crippen LogP contribution < -0.4 is 5.32 Å². The van der Waals surface area contributed by atoms with Crippen LogP contribution in [0, 0.1) is 3.57 Å². The van der Waals surface area contributed by atoms with Gasteiger partial charge in [-0.05, 0) is 59.0 Å². The number of hydrogen-bond donors (Lipinski definition) is 2. The van der Waals surface area contributed by atoms with E-state index >= 15 is 0 Å². The molecule has 3 nitrogen and oxygen atoms in total. The van der Waals surface area contributed by atoms with Gasteiger partial charge in [-0.25, -0.2) is 0 Å². The van der Waals surface area contributed by atoms with Crippen LogP contribution in [0.1, 0.15) is 10.4 Å². The van der Waals surface area contributed by atoms with Gasteiger partial charge in [0, 0.05) is 9.26 Å². The van der Waals surface area contributed by atoms with Crippen LogP contribution in [0.2, 0.25) is 5.02 Å². The van der Waals surface area contributed by atoms with Crippen molar-refractivity contribution in [3.63, 3.8) is 0 Å². The number of phenols is 1. The maximum absolute atomic E-state index is 12.0. The Morgan fingerprint density at radius 3 is 2.72 bits per heavy atom. The van der Waals surface area contributed by atoms with Gasteiger partial charge in [-0.3, -0.25) is 4.79 Å². The number of benzene rings is 2. The summed E-state index contributed by atoms with van der Waals surface area (Å²) >= 11 is 8.08. The van der Waals surface area contributed by atoms with Crippen LogP contribution in [-0.4, -0.2) is 11.0 Å². The lowest BCUT2D eigenvalue weighted by Crippen LogP contribution is -2.12. The Morgan fingerprint density at radius 2 is 2.00 bits per heavy atom. The lowest BCUT2D eigenvalue weighted by molar-refractivity contribution is 0.102. The van der Waals surface area contributed by atoms with Crippen LogP contribution in [0.25, 0.3) is 0 Å². The molecule has 0 heterocycles. The number of nitrogens with one attached hydrogen (secondary N) is 1. The Kier molecular flexibility index (Phi) is 4.08. The number of carbonyl (C=O) groups excluding carboxylic acids is 1. The molecule has 0 spiro atoms. The van der Waals surface area contributed by atoms with Gasteiger partial charge >= 0.3 is 0 Å². The van der Waals surface area contributed by atoms with Crippen molar-refractivity contribution in [1.82, 2.24) is 0 Å². The van der Waals surface area contributed by atoms with Crippen LogP contribution in [0.5, 0.6) is 5.75 Å². The van der Waals surface area contributed by atoms with Crippen molar-refractivity contribution >= 4 is 45.8 Å². The van der Waals surface area contributed by atoms with Gasteiger partial charge in [0.15, 0.2) is 0 Å². The van der Waals surface area contributed by atoms with Gasteiger partial charge in [-0.15, -0.1) is 0 Å². The van der Waals surface area contributed by atoms with E-state index in [1.165, 1.54) is 18.2 Å². The highest BCUT2D eigenvalue weighted by molar-refractivity contribution is 14.1. The molecule has 0 unspecified atom stereocenters. The molecule has 2 rings (SSSR count). The number of amides is 1. The second-order valence-electron chi connectivity index (χ2n) is 3.63. The largest absolute Gasteiger partial charge is 0.508 e. The number of anilines is 1. The summed E-state index contributed by atoms with van der Waals surface area (Å²) in [6.45, 7) is 0. The third-order valence-electron chi connectivity index (χ3n) is 2.28. The van der Waals surface area contributed by atoms with E-state index in [0.29, 0.717) is 10.7 Å². The number of aromatic hydroxyl groups is 1. The monoisotopic (exact) mass is 373 g/mol. The Balaban J connectivity index is 2.24. The molecule has 2 N–H and O–H groups in total. The molecule has 92 valence electrons. The number of phenolic OH excluding ortho intramolecular Hbond substituents is 1. The molecule has 2 aromatic carbocycles. The van der Waals surface area contributed by atoms with E-state index < -0.39 is 0 Å². The number of halogens is 2. The van der Waals surface area contributed by atoms with Crippen molar-refractivity contribution in [2.24, 2.45) is 0 Å². The molecule has 0 saturated carbocycles. The zero-order valence-electron chi connectivity index (χ0n) is 9.15. The molecular weight excluding hydrogens is 365 g/mol. The molecule has 0 bridgehead atoms. The van der Waals surface area contributed by atoms with Gasteiger partial charge in [-0.2, -0.15) is 0 Å². The molecule has 5 heteroatoms. The van der Waals surface area contributed by atoms with E-state index in [1.54, 1.807) is 6.07 Å². The van der Waals surface area contributed by atoms with Gasteiger partial charge in [-0.1, -0.05) is 17.7 Å². The minimum absolute atomic E-state index is 0.00666. The van der Waals surface area contributed by atoms with Crippen molar-refractivity contribution in [2.75, 3.05) is 5.32 Å². The van der Waals surface area contributed by atoms with Gasteiger partial charge in [0.1, 0.15) is 5.75 Å². The third-order valence-corrected chi connectivity index (χ3v) is 3.28. The van der Waals surface area contributed by atoms with Crippen LogP contribution in [0.3, 0.4) is 0 Å². The maximum Gasteiger partial charge on any atom is 0.257 e. The van der Waals surface area contributed by atoms with E-state index in [0.717, 1.165) is 3.57 Å². The summed E-state index contributed by atoms with van der Waals surface area (Å²) in [5, 5.41) is 12.4. The first-order valence-corrected chi connectivity index (χ1v) is 6.57. The van der Waals surface area contributed by atoms with E-state index in [2.05, 4.69) is 27.9 Å². The van der Waals surface area contributed by atoms with Crippen LogP contribution in [0.4, 0.5) is 5.69 Å². The quantitative estimate of drug-likeness (QED) is 0.784. The number of hydrogen-bond acceptors (Lipinski definition) is 2. The standard InChI is InChI=1S/C13H9ClINO2/c14-12-5-4-10(17)7-11(12)13(18)16-9-3-1-2-8(15)6-9/h1-7,17H,(H,16,18). The Morgan fingerprint density at radius 1 is 1.22 bits per heavy atom. The van der Waals surface area contributed by atoms with Crippen LogP contribution >= 0.6 is 34.2 Å². The average Bonchev–Trinajstić information content (AvgIpc) is 2.32. The first kappa shape index (κ1) is 13.2. The minimum Gasteiger partial charge on any atom is -0.508 e. The molecular formula is C13H9ClINO2. The molecule has 0 aliphatic rings. The summed E-state index contributed by atoms with van der Waals surface area (Å²) in [5.74, 6) is -0.343. The van der Waals surface area contributed by atoms with E-state index in [9.17, 15) is 9.90 Å². The van der Waals surface area contributed by atoms with Gasteiger partial charge < -0.3 is 10.4 Å². The van der Waals surface area contributed by atoms with E-state index in [-0.39, 0.29) is 17.2 Å². The molecule has 0 aliphatic heterocycles. The molecule has 0 radical (unpaired) electrons. The van der Waals surface area contributed by atoms with E-state index in [4.69, 9.17) is 11.6 Å². The predicted molar refractivity (Wildman–Crippen MR) is 80.2 cm³/mol. The zero-order valence-corrected chi connectivity index (χ0v) is 12.1. The summed E-state index contributed by atoms with van der Waals surface area (Å²) in [6, 6.07) is 11.7. The van der Waals surface area contributed by atoms with Gasteiger partial charge in [0.25, 0.3) is 5.91 Å². The summed E-state index contributed by atoms with van der Waals surface area (Å²) in [5.41, 5.74) is 0.932. The van der Waals surface area contributed by atoms with Crippen molar-refractivity contribution < 1.29 is 9.90 Å². The Bertz CT molecular complexity index is 601. The molecule has 18 heavy (non-hydrogen) atoms. The summed E-state index contributed by atoms with van der Waals surface area (Å²) < 4.78 is 1.02. The highest BCUT2D eigenvalue weighted by Gasteiger charge is 2.11. The predicted octanol–water partition coefficient (Wildman–Crippen LogP) is 3.90. The zero-order chi connectivity index (χ0) is 13.1. The first-order valence-electron chi connectivity index (χ1n) is 5.12. The van der Waals surface area contributed by atoms with Crippen molar-refractivity contribution in [3.8, 4) is 5.75 Å². The topological polar surface area (TPSA) is 49.3 Å². The highest BCUT2D eigenvalue weighted by atomic mass is 127. The van der Waals surface area contributed by atoms with Crippen LogP contribution in [0.15, 0.2) is 42.5 Å². The summed E-state index contributed by atoms with van der Waals surface area (Å²) in [7, 11) is 0. The van der Waals surface area contributed by atoms with Crippen LogP contribution in [-0.2, 0) is 0 Å². The van der Waals surface area contributed by atoms with Gasteiger partial charge in [0.05, 0.1) is 10.6 Å². The first-order chi connectivity index (χ1) is 8.56. The maximum atomic E-state index is 12.0. The van der Waals surface area contributed by atoms with Crippen molar-refractivity contribution in [2.45, 2.75) is 0 Å². The van der Waals surface area contributed by atoms with E-state index in [1.807, 2.05) is 18.2 Å². The normalized spacial score (nSPS) is 10.1. The molecule has 0 aliphatic carbocycles. The third kappa shape index (κ3) is 3.14. The fourth-order valence-corrected chi connectivity index (χ4v) is 2.20. The molecule has 2 aromatic rings. The molecule has 0 fully saturated rings. The highest BCUT2D eigenvalue weighted by Crippen LogP contribution is 2.22. The molecule has 0 saturated heterocycles. The second-order valence-corrected chi connectivity index (χ2v) is 5.28. The Hall–Kier alpha value is -1.27. The van der Waals surface area contributed by atoms with Crippen molar-refractivity contribution in [1.29, 1.82) is 0 Å². The molecule has 0 atom stereocenters. The molecule has 0 aromatic heterocycles. The lowest BCUT2D eigenvalue weighted by atomic mass is 10.2. The lowest BCUT2D eigenvalue weighted by Gasteiger charge is -2.07. The fraction of sp³-hybridized carbons (Fsp3) is 0. The smallest absolute Gasteiger partial charge is 0.257 e. The second kappa shape index (κ2) is 5.58. The molecule has 1 amide bonds. The summed E-state index contributed by atoms with van der Waals surface area (Å²) in [6.07, 6.45) is 0. The van der Waals surface area contributed by atoms with Gasteiger partial charge in [0.2, 0.25) is 0 Å². The fourth-order valence-electron chi connectivity index (χ4n) is 1.45. The average molecular weight is 374 g/mol. The summed E-state index contributed by atoms with van der Waals surface area (Å²) in [4.78, 5) is 12.0.